The van der Waals surface area contributed by atoms with Crippen molar-refractivity contribution in [2.45, 2.75) is 32.7 Å². The summed E-state index contributed by atoms with van der Waals surface area (Å²) in [4.78, 5) is 23.4. The number of hydrogen-bond acceptors (Lipinski definition) is 3. The maximum absolute atomic E-state index is 11.7. The van der Waals surface area contributed by atoms with Gasteiger partial charge in [0.05, 0.1) is 4.88 Å². The summed E-state index contributed by atoms with van der Waals surface area (Å²) in [7, 11) is 0. The van der Waals surface area contributed by atoms with Crippen molar-refractivity contribution in [3.63, 3.8) is 0 Å². The molecule has 0 radical (unpaired) electrons. The van der Waals surface area contributed by atoms with E-state index in [1.807, 2.05) is 19.2 Å². The Morgan fingerprint density at radius 1 is 1.56 bits per heavy atom. The van der Waals surface area contributed by atoms with E-state index in [9.17, 15) is 9.59 Å². The maximum Gasteiger partial charge on any atom is 0.262 e. The molecule has 0 saturated heterocycles. The molecule has 1 rings (SSSR count). The lowest BCUT2D eigenvalue weighted by Crippen LogP contribution is -2.44. The van der Waals surface area contributed by atoms with Crippen molar-refractivity contribution in [3.8, 4) is 0 Å². The van der Waals surface area contributed by atoms with Crippen molar-refractivity contribution < 1.29 is 9.59 Å². The molecule has 1 heterocycles. The molecule has 0 aliphatic rings. The van der Waals surface area contributed by atoms with Crippen molar-refractivity contribution in [2.75, 3.05) is 0 Å². The van der Waals surface area contributed by atoms with Gasteiger partial charge >= 0.3 is 0 Å². The number of carbonyl (C=O) groups is 2. The number of amides is 2. The Balaban J connectivity index is 2.65. The minimum Gasteiger partial charge on any atom is -0.368 e. The molecule has 0 spiro atoms. The van der Waals surface area contributed by atoms with Gasteiger partial charge in [-0.25, -0.2) is 0 Å². The van der Waals surface area contributed by atoms with Crippen molar-refractivity contribution in [1.82, 2.24) is 5.32 Å². The van der Waals surface area contributed by atoms with E-state index >= 15 is 0 Å². The maximum atomic E-state index is 11.7. The molecule has 16 heavy (non-hydrogen) atoms. The van der Waals surface area contributed by atoms with Gasteiger partial charge in [0.15, 0.2) is 0 Å². The third-order valence-corrected chi connectivity index (χ3v) is 3.23. The number of rotatable bonds is 5. The van der Waals surface area contributed by atoms with Gasteiger partial charge in [0, 0.05) is 0 Å². The summed E-state index contributed by atoms with van der Waals surface area (Å²) >= 11 is 1.37. The van der Waals surface area contributed by atoms with Gasteiger partial charge in [-0.3, -0.25) is 9.59 Å². The fraction of sp³-hybridized carbons (Fsp3) is 0.455. The van der Waals surface area contributed by atoms with Gasteiger partial charge in [-0.05, 0) is 30.4 Å². The highest BCUT2D eigenvalue weighted by atomic mass is 32.1. The summed E-state index contributed by atoms with van der Waals surface area (Å²) in [6.07, 6.45) is 1.38. The van der Waals surface area contributed by atoms with Gasteiger partial charge in [0.1, 0.15) is 6.04 Å². The average Bonchev–Trinajstić information content (AvgIpc) is 2.64. The van der Waals surface area contributed by atoms with E-state index in [2.05, 4.69) is 5.32 Å². The van der Waals surface area contributed by atoms with Crippen LogP contribution < -0.4 is 11.1 Å². The van der Waals surface area contributed by atoms with Crippen LogP contribution in [0.1, 0.15) is 35.0 Å². The van der Waals surface area contributed by atoms with E-state index < -0.39 is 11.9 Å². The topological polar surface area (TPSA) is 72.2 Å². The zero-order chi connectivity index (χ0) is 12.1. The normalized spacial score (nSPS) is 12.1. The third kappa shape index (κ3) is 3.34. The van der Waals surface area contributed by atoms with Crippen LogP contribution in [0.5, 0.6) is 0 Å². The summed E-state index contributed by atoms with van der Waals surface area (Å²) in [5, 5.41) is 4.54. The highest BCUT2D eigenvalue weighted by Gasteiger charge is 2.18. The zero-order valence-electron chi connectivity index (χ0n) is 9.45. The molecule has 1 atom stereocenters. The smallest absolute Gasteiger partial charge is 0.262 e. The quantitative estimate of drug-likeness (QED) is 0.817. The zero-order valence-corrected chi connectivity index (χ0v) is 10.3. The molecule has 0 aromatic carbocycles. The molecular weight excluding hydrogens is 224 g/mol. The molecule has 0 unspecified atom stereocenters. The molecule has 3 N–H and O–H groups in total. The van der Waals surface area contributed by atoms with Gasteiger partial charge in [0.2, 0.25) is 5.91 Å². The van der Waals surface area contributed by atoms with Crippen molar-refractivity contribution in [2.24, 2.45) is 5.73 Å². The second-order valence-corrected chi connectivity index (χ2v) is 4.62. The van der Waals surface area contributed by atoms with Crippen LogP contribution in [0.15, 0.2) is 11.4 Å². The Labute approximate surface area is 98.8 Å². The monoisotopic (exact) mass is 240 g/mol. The molecule has 1 aromatic rings. The summed E-state index contributed by atoms with van der Waals surface area (Å²) in [5.41, 5.74) is 6.25. The number of hydrogen-bond donors (Lipinski definition) is 2. The summed E-state index contributed by atoms with van der Waals surface area (Å²) in [6.45, 7) is 3.86. The Kier molecular flexibility index (Phi) is 4.49. The number of aryl methyl sites for hydroxylation is 1. The predicted molar refractivity (Wildman–Crippen MR) is 64.4 cm³/mol. The number of nitrogens with one attached hydrogen (secondary N) is 1. The van der Waals surface area contributed by atoms with Gasteiger partial charge in [0.25, 0.3) is 5.91 Å². The van der Waals surface area contributed by atoms with Crippen molar-refractivity contribution in [1.29, 1.82) is 0 Å². The SMILES string of the molecule is CCC[C@H](NC(=O)c1cc(C)cs1)C(N)=O. The third-order valence-electron chi connectivity index (χ3n) is 2.18. The molecule has 0 bridgehead atoms. The van der Waals surface area contributed by atoms with Gasteiger partial charge in [-0.2, -0.15) is 0 Å². The predicted octanol–water partition coefficient (Wildman–Crippen LogP) is 1.44. The number of nitrogens with two attached hydrogens (primary N) is 1. The molecule has 4 nitrogen and oxygen atoms in total. The summed E-state index contributed by atoms with van der Waals surface area (Å²) < 4.78 is 0. The minimum atomic E-state index is -0.570. The van der Waals surface area contributed by atoms with Crippen LogP contribution in [0.25, 0.3) is 0 Å². The molecule has 0 saturated carbocycles. The first-order valence-electron chi connectivity index (χ1n) is 5.20. The molecule has 2 amide bonds. The van der Waals surface area contributed by atoms with E-state index in [4.69, 9.17) is 5.73 Å². The number of primary amides is 1. The van der Waals surface area contributed by atoms with Crippen LogP contribution in [-0.4, -0.2) is 17.9 Å². The van der Waals surface area contributed by atoms with Crippen LogP contribution in [0.3, 0.4) is 0 Å². The molecule has 0 aliphatic heterocycles. The Morgan fingerprint density at radius 2 is 2.25 bits per heavy atom. The Morgan fingerprint density at radius 3 is 2.69 bits per heavy atom. The van der Waals surface area contributed by atoms with Crippen LogP contribution >= 0.6 is 11.3 Å². The van der Waals surface area contributed by atoms with Gasteiger partial charge in [-0.15, -0.1) is 11.3 Å². The van der Waals surface area contributed by atoms with Crippen molar-refractivity contribution in [3.05, 3.63) is 21.9 Å². The average molecular weight is 240 g/mol. The first-order valence-corrected chi connectivity index (χ1v) is 6.08. The molecule has 0 fully saturated rings. The standard InChI is InChI=1S/C11H16N2O2S/c1-3-4-8(10(12)14)13-11(15)9-5-7(2)6-16-9/h5-6,8H,3-4H2,1-2H3,(H2,12,14)(H,13,15)/t8-/m0/s1. The first-order chi connectivity index (χ1) is 7.54. The van der Waals surface area contributed by atoms with Crippen molar-refractivity contribution >= 4 is 23.2 Å². The summed E-state index contributed by atoms with van der Waals surface area (Å²) in [5.74, 6) is -0.709. The van der Waals surface area contributed by atoms with Crippen LogP contribution in [0, 0.1) is 6.92 Å². The van der Waals surface area contributed by atoms with E-state index in [0.29, 0.717) is 11.3 Å². The second-order valence-electron chi connectivity index (χ2n) is 3.71. The lowest BCUT2D eigenvalue weighted by Gasteiger charge is -2.13. The second kappa shape index (κ2) is 5.65. The fourth-order valence-electron chi connectivity index (χ4n) is 1.35. The number of thiophene rings is 1. The summed E-state index contributed by atoms with van der Waals surface area (Å²) in [6, 6.07) is 1.23. The highest BCUT2D eigenvalue weighted by Crippen LogP contribution is 2.13. The van der Waals surface area contributed by atoms with E-state index in [-0.39, 0.29) is 5.91 Å². The molecule has 1 aromatic heterocycles. The number of carbonyl (C=O) groups excluding carboxylic acids is 2. The minimum absolute atomic E-state index is 0.227. The highest BCUT2D eigenvalue weighted by molar-refractivity contribution is 7.12. The molecule has 0 aliphatic carbocycles. The molecule has 5 heteroatoms. The van der Waals surface area contributed by atoms with E-state index in [0.717, 1.165) is 12.0 Å². The molecule has 88 valence electrons. The lowest BCUT2D eigenvalue weighted by molar-refractivity contribution is -0.120. The lowest BCUT2D eigenvalue weighted by atomic mass is 10.1. The largest absolute Gasteiger partial charge is 0.368 e. The Bertz CT molecular complexity index is 387. The van der Waals surface area contributed by atoms with Crippen LogP contribution in [0.2, 0.25) is 0 Å². The first kappa shape index (κ1) is 12.7. The van der Waals surface area contributed by atoms with Gasteiger partial charge in [-0.1, -0.05) is 13.3 Å². The van der Waals surface area contributed by atoms with E-state index in [1.54, 1.807) is 6.07 Å². The fourth-order valence-corrected chi connectivity index (χ4v) is 2.15. The molecular formula is C11H16N2O2S. The van der Waals surface area contributed by atoms with Gasteiger partial charge < -0.3 is 11.1 Å². The Hall–Kier alpha value is -1.36. The van der Waals surface area contributed by atoms with Crippen LogP contribution in [0.4, 0.5) is 0 Å². The van der Waals surface area contributed by atoms with Crippen LogP contribution in [-0.2, 0) is 4.79 Å². The van der Waals surface area contributed by atoms with E-state index in [1.165, 1.54) is 11.3 Å².